The maximum Gasteiger partial charge on any atom is 0.127 e. The van der Waals surface area contributed by atoms with Crippen LogP contribution in [0.3, 0.4) is 0 Å². The predicted octanol–water partition coefficient (Wildman–Crippen LogP) is 3.36. The summed E-state index contributed by atoms with van der Waals surface area (Å²) in [5, 5.41) is 15.3. The van der Waals surface area contributed by atoms with Crippen molar-refractivity contribution in [2.45, 2.75) is 38.8 Å². The molecule has 3 heteroatoms. The Hall–Kier alpha value is -1.58. The molecule has 2 N–H and O–H groups in total. The smallest absolute Gasteiger partial charge is 0.127 e. The van der Waals surface area contributed by atoms with Gasteiger partial charge in [-0.15, -0.1) is 0 Å². The van der Waals surface area contributed by atoms with Crippen LogP contribution < -0.4 is 10.1 Å². The lowest BCUT2D eigenvalue weighted by Gasteiger charge is -2.31. The van der Waals surface area contributed by atoms with Gasteiger partial charge in [-0.2, -0.15) is 0 Å². The quantitative estimate of drug-likeness (QED) is 0.820. The number of nitrogens with one attached hydrogen (secondary N) is 1. The van der Waals surface area contributed by atoms with E-state index in [2.05, 4.69) is 37.4 Å². The molecule has 0 aromatic heterocycles. The van der Waals surface area contributed by atoms with Crippen LogP contribution >= 0.6 is 0 Å². The molecule has 0 heterocycles. The molecule has 0 bridgehead atoms. The molecular weight excluding hydrogens is 262 g/mol. The molecule has 0 aliphatic rings. The summed E-state index contributed by atoms with van der Waals surface area (Å²) in [6, 6.07) is 14.6. The number of rotatable bonds is 7. The van der Waals surface area contributed by atoms with E-state index in [1.165, 1.54) is 5.39 Å². The molecule has 0 aliphatic heterocycles. The second-order valence-corrected chi connectivity index (χ2v) is 6.09. The second-order valence-electron chi connectivity index (χ2n) is 6.09. The Morgan fingerprint density at radius 3 is 2.57 bits per heavy atom. The summed E-state index contributed by atoms with van der Waals surface area (Å²) in [5.74, 6) is 0.901. The summed E-state index contributed by atoms with van der Waals surface area (Å²) in [6.07, 6.45) is 0.755. The van der Waals surface area contributed by atoms with Gasteiger partial charge in [0, 0.05) is 23.4 Å². The van der Waals surface area contributed by atoms with Gasteiger partial charge >= 0.3 is 0 Å². The molecule has 2 aromatic rings. The van der Waals surface area contributed by atoms with Crippen LogP contribution in [0.5, 0.6) is 5.75 Å². The Morgan fingerprint density at radius 2 is 1.86 bits per heavy atom. The van der Waals surface area contributed by atoms with Crippen LogP contribution in [0.2, 0.25) is 0 Å². The highest BCUT2D eigenvalue weighted by molar-refractivity contribution is 5.88. The predicted molar refractivity (Wildman–Crippen MR) is 87.8 cm³/mol. The number of hydrogen-bond acceptors (Lipinski definition) is 3. The molecule has 0 amide bonds. The normalized spacial score (nSPS) is 14.3. The average molecular weight is 287 g/mol. The molecule has 3 nitrogen and oxygen atoms in total. The first-order valence-corrected chi connectivity index (χ1v) is 7.53. The molecule has 0 saturated carbocycles. The Labute approximate surface area is 126 Å². The van der Waals surface area contributed by atoms with Crippen LogP contribution in [0.4, 0.5) is 0 Å². The summed E-state index contributed by atoms with van der Waals surface area (Å²) in [4.78, 5) is 0. The fourth-order valence-corrected chi connectivity index (χ4v) is 2.60. The van der Waals surface area contributed by atoms with Crippen molar-refractivity contribution in [1.82, 2.24) is 5.32 Å². The highest BCUT2D eigenvalue weighted by Gasteiger charge is 2.23. The minimum atomic E-state index is -0.307. The van der Waals surface area contributed by atoms with E-state index in [1.807, 2.05) is 31.2 Å². The molecular formula is C18H25NO2. The van der Waals surface area contributed by atoms with E-state index in [-0.39, 0.29) is 12.1 Å². The molecule has 0 spiro atoms. The van der Waals surface area contributed by atoms with Crippen molar-refractivity contribution in [2.24, 2.45) is 0 Å². The maximum absolute atomic E-state index is 9.59. The van der Waals surface area contributed by atoms with Gasteiger partial charge in [-0.25, -0.2) is 0 Å². The van der Waals surface area contributed by atoms with Crippen molar-refractivity contribution in [3.05, 3.63) is 42.5 Å². The number of hydrogen-bond donors (Lipinski definition) is 2. The highest BCUT2D eigenvalue weighted by Crippen LogP contribution is 2.25. The fourth-order valence-electron chi connectivity index (χ4n) is 2.60. The van der Waals surface area contributed by atoms with Crippen LogP contribution in [-0.2, 0) is 0 Å². The zero-order chi connectivity index (χ0) is 15.3. The number of benzene rings is 2. The summed E-state index contributed by atoms with van der Waals surface area (Å²) < 4.78 is 5.95. The summed E-state index contributed by atoms with van der Waals surface area (Å²) in [7, 11) is 0. The van der Waals surface area contributed by atoms with E-state index in [9.17, 15) is 5.11 Å². The minimum Gasteiger partial charge on any atom is -0.493 e. The van der Waals surface area contributed by atoms with E-state index in [0.717, 1.165) is 17.6 Å². The van der Waals surface area contributed by atoms with E-state index in [0.29, 0.717) is 12.6 Å². The van der Waals surface area contributed by atoms with Gasteiger partial charge in [-0.1, -0.05) is 50.2 Å². The maximum atomic E-state index is 9.59. The van der Waals surface area contributed by atoms with E-state index in [1.54, 1.807) is 0 Å². The first-order chi connectivity index (χ1) is 10.0. The Kier molecular flexibility index (Phi) is 5.21. The third-order valence-electron chi connectivity index (χ3n) is 3.65. The average Bonchev–Trinajstić information content (AvgIpc) is 2.47. The molecule has 2 rings (SSSR count). The van der Waals surface area contributed by atoms with Gasteiger partial charge in [-0.05, 0) is 18.4 Å². The van der Waals surface area contributed by atoms with Crippen LogP contribution in [0, 0.1) is 0 Å². The fraction of sp³-hybridized carbons (Fsp3) is 0.444. The second kappa shape index (κ2) is 6.92. The largest absolute Gasteiger partial charge is 0.493 e. The molecule has 2 aromatic carbocycles. The van der Waals surface area contributed by atoms with Gasteiger partial charge in [0.1, 0.15) is 5.75 Å². The molecule has 0 radical (unpaired) electrons. The van der Waals surface area contributed by atoms with E-state index >= 15 is 0 Å². The monoisotopic (exact) mass is 287 g/mol. The first-order valence-electron chi connectivity index (χ1n) is 7.53. The Balaban J connectivity index is 2.02. The van der Waals surface area contributed by atoms with Crippen LogP contribution in [-0.4, -0.2) is 29.9 Å². The lowest BCUT2D eigenvalue weighted by molar-refractivity contribution is 0.137. The van der Waals surface area contributed by atoms with Crippen molar-refractivity contribution in [3.63, 3.8) is 0 Å². The standard InChI is InChI=1S/C18H25NO2/c1-14(2)19-18(3,13-20)11-12-21-17-10-6-8-15-7-4-5-9-16(15)17/h4-10,14,19-20H,11-13H2,1-3H3. The topological polar surface area (TPSA) is 41.5 Å². The van der Waals surface area contributed by atoms with Gasteiger partial charge in [0.2, 0.25) is 0 Å². The highest BCUT2D eigenvalue weighted by atomic mass is 16.5. The van der Waals surface area contributed by atoms with E-state index < -0.39 is 0 Å². The molecule has 0 saturated heterocycles. The summed E-state index contributed by atoms with van der Waals surface area (Å²) >= 11 is 0. The number of ether oxygens (including phenoxy) is 1. The molecule has 0 aliphatic carbocycles. The van der Waals surface area contributed by atoms with Crippen molar-refractivity contribution in [1.29, 1.82) is 0 Å². The van der Waals surface area contributed by atoms with Gasteiger partial charge < -0.3 is 15.2 Å². The van der Waals surface area contributed by atoms with Crippen molar-refractivity contribution < 1.29 is 9.84 Å². The molecule has 1 atom stereocenters. The van der Waals surface area contributed by atoms with Crippen LogP contribution in [0.25, 0.3) is 10.8 Å². The van der Waals surface area contributed by atoms with Gasteiger partial charge in [-0.3, -0.25) is 0 Å². The number of aliphatic hydroxyl groups excluding tert-OH is 1. The van der Waals surface area contributed by atoms with Gasteiger partial charge in [0.25, 0.3) is 0 Å². The molecule has 0 fully saturated rings. The summed E-state index contributed by atoms with van der Waals surface area (Å²) in [5.41, 5.74) is -0.307. The van der Waals surface area contributed by atoms with Crippen LogP contribution in [0.1, 0.15) is 27.2 Å². The number of aliphatic hydroxyl groups is 1. The zero-order valence-corrected chi connectivity index (χ0v) is 13.1. The first kappa shape index (κ1) is 15.8. The van der Waals surface area contributed by atoms with Gasteiger partial charge in [0.05, 0.1) is 13.2 Å². The third kappa shape index (κ3) is 4.19. The third-order valence-corrected chi connectivity index (χ3v) is 3.65. The molecule has 1 unspecified atom stereocenters. The summed E-state index contributed by atoms with van der Waals surface area (Å²) in [6.45, 7) is 6.87. The Bertz CT molecular complexity index is 577. The van der Waals surface area contributed by atoms with Crippen molar-refractivity contribution in [2.75, 3.05) is 13.2 Å². The number of fused-ring (bicyclic) bond motifs is 1. The minimum absolute atomic E-state index is 0.101. The zero-order valence-electron chi connectivity index (χ0n) is 13.1. The molecule has 114 valence electrons. The lowest BCUT2D eigenvalue weighted by atomic mass is 9.98. The molecule has 21 heavy (non-hydrogen) atoms. The SMILES string of the molecule is CC(C)NC(C)(CO)CCOc1cccc2ccccc12. The van der Waals surface area contributed by atoms with Gasteiger partial charge in [0.15, 0.2) is 0 Å². The van der Waals surface area contributed by atoms with Crippen LogP contribution in [0.15, 0.2) is 42.5 Å². The van der Waals surface area contributed by atoms with E-state index in [4.69, 9.17) is 4.74 Å². The van der Waals surface area contributed by atoms with Crippen molar-refractivity contribution >= 4 is 10.8 Å². The van der Waals surface area contributed by atoms with Crippen molar-refractivity contribution in [3.8, 4) is 5.75 Å². The lowest BCUT2D eigenvalue weighted by Crippen LogP contribution is -2.49. The Morgan fingerprint density at radius 1 is 1.14 bits per heavy atom.